The fourth-order valence-electron chi connectivity index (χ4n) is 1.75. The lowest BCUT2D eigenvalue weighted by Crippen LogP contribution is -2.11. The predicted octanol–water partition coefficient (Wildman–Crippen LogP) is 3.54. The summed E-state index contributed by atoms with van der Waals surface area (Å²) in [4.78, 5) is 1.19. The Morgan fingerprint density at radius 2 is 2.06 bits per heavy atom. The van der Waals surface area contributed by atoms with Crippen LogP contribution in [0.1, 0.15) is 22.0 Å². The number of methoxy groups -OCH3 is 1. The summed E-state index contributed by atoms with van der Waals surface area (Å²) in [5, 5.41) is 2.05. The smallest absolute Gasteiger partial charge is 0.119 e. The second-order valence-corrected chi connectivity index (χ2v) is 4.69. The van der Waals surface area contributed by atoms with Gasteiger partial charge in [0.1, 0.15) is 5.75 Å². The van der Waals surface area contributed by atoms with Gasteiger partial charge in [0, 0.05) is 4.88 Å². The highest BCUT2D eigenvalue weighted by molar-refractivity contribution is 7.10. The van der Waals surface area contributed by atoms with Gasteiger partial charge in [-0.2, -0.15) is 0 Å². The molecule has 2 aromatic rings. The molecule has 17 heavy (non-hydrogen) atoms. The Hall–Kier alpha value is -1.03. The van der Waals surface area contributed by atoms with Crippen molar-refractivity contribution in [3.05, 3.63) is 51.7 Å². The van der Waals surface area contributed by atoms with Gasteiger partial charge >= 0.3 is 0 Å². The third-order valence-corrected chi connectivity index (χ3v) is 3.62. The molecule has 2 nitrogen and oxygen atoms in total. The molecule has 0 fully saturated rings. The molecule has 1 aromatic heterocycles. The normalized spacial score (nSPS) is 11.7. The lowest BCUT2D eigenvalue weighted by atomic mass is 10.0. The largest absolute Gasteiger partial charge is 0.497 e. The average molecular weight is 270 g/mol. The van der Waals surface area contributed by atoms with Crippen LogP contribution in [0, 0.1) is 6.92 Å². The Labute approximate surface area is 112 Å². The first-order chi connectivity index (χ1) is 7.72. The molecule has 2 N–H and O–H groups in total. The van der Waals surface area contributed by atoms with Gasteiger partial charge in [0.05, 0.1) is 13.2 Å². The molecule has 0 saturated heterocycles. The maximum absolute atomic E-state index is 6.22. The van der Waals surface area contributed by atoms with Crippen molar-refractivity contribution < 1.29 is 4.74 Å². The molecule has 92 valence electrons. The highest BCUT2D eigenvalue weighted by Gasteiger charge is 2.12. The molecule has 0 unspecified atom stereocenters. The van der Waals surface area contributed by atoms with Crippen molar-refractivity contribution in [2.24, 2.45) is 5.73 Å². The number of ether oxygens (including phenoxy) is 1. The predicted molar refractivity (Wildman–Crippen MR) is 75.3 cm³/mol. The molecule has 0 radical (unpaired) electrons. The summed E-state index contributed by atoms with van der Waals surface area (Å²) >= 11 is 1.69. The molecule has 0 saturated carbocycles. The van der Waals surface area contributed by atoms with Crippen molar-refractivity contribution >= 4 is 23.7 Å². The topological polar surface area (TPSA) is 35.2 Å². The zero-order chi connectivity index (χ0) is 11.5. The average Bonchev–Trinajstić information content (AvgIpc) is 2.81. The second-order valence-electron chi connectivity index (χ2n) is 3.72. The number of halogens is 1. The van der Waals surface area contributed by atoms with Gasteiger partial charge in [-0.15, -0.1) is 23.7 Å². The van der Waals surface area contributed by atoms with Crippen LogP contribution in [0.4, 0.5) is 0 Å². The summed E-state index contributed by atoms with van der Waals surface area (Å²) in [6, 6.07) is 10.1. The Balaban J connectivity index is 0.00000144. The molecule has 4 heteroatoms. The van der Waals surface area contributed by atoms with E-state index in [9.17, 15) is 0 Å². The fourth-order valence-corrected chi connectivity index (χ4v) is 2.49. The zero-order valence-electron chi connectivity index (χ0n) is 9.84. The molecule has 2 rings (SSSR count). The second kappa shape index (κ2) is 6.05. The van der Waals surface area contributed by atoms with E-state index >= 15 is 0 Å². The Kier molecular flexibility index (Phi) is 5.00. The van der Waals surface area contributed by atoms with Crippen LogP contribution < -0.4 is 10.5 Å². The SMILES string of the molecule is COc1ccc([C@H](N)c2cccs2)c(C)c1.Cl. The van der Waals surface area contributed by atoms with Crippen molar-refractivity contribution in [1.82, 2.24) is 0 Å². The molecule has 0 amide bonds. The molecule has 0 aliphatic carbocycles. The number of nitrogens with two attached hydrogens (primary N) is 1. The number of hydrogen-bond acceptors (Lipinski definition) is 3. The van der Waals surface area contributed by atoms with Gasteiger partial charge < -0.3 is 10.5 Å². The molecule has 1 heterocycles. The molecule has 0 aliphatic rings. The van der Waals surface area contributed by atoms with Gasteiger partial charge in [-0.3, -0.25) is 0 Å². The third kappa shape index (κ3) is 3.00. The van der Waals surface area contributed by atoms with Gasteiger partial charge in [0.15, 0.2) is 0 Å². The van der Waals surface area contributed by atoms with Crippen LogP contribution in [-0.2, 0) is 0 Å². The van der Waals surface area contributed by atoms with Crippen LogP contribution >= 0.6 is 23.7 Å². The first-order valence-electron chi connectivity index (χ1n) is 5.16. The van der Waals surface area contributed by atoms with Crippen LogP contribution in [-0.4, -0.2) is 7.11 Å². The van der Waals surface area contributed by atoms with Crippen molar-refractivity contribution in [3.8, 4) is 5.75 Å². The van der Waals surface area contributed by atoms with Crippen molar-refractivity contribution in [2.75, 3.05) is 7.11 Å². The number of benzene rings is 1. The van der Waals surface area contributed by atoms with E-state index in [4.69, 9.17) is 10.5 Å². The summed E-state index contributed by atoms with van der Waals surface area (Å²) in [5.41, 5.74) is 8.55. The Morgan fingerprint density at radius 1 is 1.29 bits per heavy atom. The maximum atomic E-state index is 6.22. The maximum Gasteiger partial charge on any atom is 0.119 e. The molecule has 0 spiro atoms. The lowest BCUT2D eigenvalue weighted by molar-refractivity contribution is 0.414. The highest BCUT2D eigenvalue weighted by Crippen LogP contribution is 2.28. The summed E-state index contributed by atoms with van der Waals surface area (Å²) < 4.78 is 5.18. The van der Waals surface area contributed by atoms with E-state index in [2.05, 4.69) is 13.0 Å². The van der Waals surface area contributed by atoms with E-state index in [0.29, 0.717) is 0 Å². The third-order valence-electron chi connectivity index (χ3n) is 2.66. The van der Waals surface area contributed by atoms with Crippen molar-refractivity contribution in [1.29, 1.82) is 0 Å². The highest BCUT2D eigenvalue weighted by atomic mass is 35.5. The monoisotopic (exact) mass is 269 g/mol. The minimum Gasteiger partial charge on any atom is -0.497 e. The molecule has 0 bridgehead atoms. The van der Waals surface area contributed by atoms with Gasteiger partial charge in [0.25, 0.3) is 0 Å². The van der Waals surface area contributed by atoms with E-state index in [0.717, 1.165) is 11.3 Å². The van der Waals surface area contributed by atoms with E-state index in [1.165, 1.54) is 10.4 Å². The first-order valence-corrected chi connectivity index (χ1v) is 6.04. The molecule has 0 aliphatic heterocycles. The van der Waals surface area contributed by atoms with Crippen LogP contribution in [0.25, 0.3) is 0 Å². The molecular formula is C13H16ClNOS. The summed E-state index contributed by atoms with van der Waals surface area (Å²) in [6.07, 6.45) is 0. The quantitative estimate of drug-likeness (QED) is 0.925. The molecule has 1 atom stereocenters. The van der Waals surface area contributed by atoms with Crippen LogP contribution in [0.5, 0.6) is 5.75 Å². The minimum atomic E-state index is -0.0362. The summed E-state index contributed by atoms with van der Waals surface area (Å²) in [7, 11) is 1.67. The number of hydrogen-bond donors (Lipinski definition) is 1. The number of rotatable bonds is 3. The van der Waals surface area contributed by atoms with Crippen LogP contribution in [0.2, 0.25) is 0 Å². The van der Waals surface area contributed by atoms with Gasteiger partial charge in [-0.1, -0.05) is 12.1 Å². The van der Waals surface area contributed by atoms with E-state index in [-0.39, 0.29) is 18.4 Å². The standard InChI is InChI=1S/C13H15NOS.ClH/c1-9-8-10(15-2)5-6-11(9)13(14)12-4-3-7-16-12;/h3-8,13H,14H2,1-2H3;1H/t13-;/m0./s1. The Morgan fingerprint density at radius 3 is 2.59 bits per heavy atom. The van der Waals surface area contributed by atoms with Gasteiger partial charge in [-0.05, 0) is 41.6 Å². The summed E-state index contributed by atoms with van der Waals surface area (Å²) in [6.45, 7) is 2.06. The summed E-state index contributed by atoms with van der Waals surface area (Å²) in [5.74, 6) is 0.875. The number of thiophene rings is 1. The number of aryl methyl sites for hydroxylation is 1. The minimum absolute atomic E-state index is 0. The van der Waals surface area contributed by atoms with E-state index in [1.54, 1.807) is 18.4 Å². The Bertz CT molecular complexity index is 470. The lowest BCUT2D eigenvalue weighted by Gasteiger charge is -2.14. The van der Waals surface area contributed by atoms with Crippen molar-refractivity contribution in [2.45, 2.75) is 13.0 Å². The molecule has 1 aromatic carbocycles. The molecular weight excluding hydrogens is 254 g/mol. The first kappa shape index (κ1) is 14.0. The zero-order valence-corrected chi connectivity index (χ0v) is 11.5. The van der Waals surface area contributed by atoms with Gasteiger partial charge in [-0.25, -0.2) is 0 Å². The van der Waals surface area contributed by atoms with E-state index in [1.807, 2.05) is 29.6 Å². The van der Waals surface area contributed by atoms with Crippen LogP contribution in [0.15, 0.2) is 35.7 Å². The van der Waals surface area contributed by atoms with E-state index < -0.39 is 0 Å². The van der Waals surface area contributed by atoms with Gasteiger partial charge in [0.2, 0.25) is 0 Å². The fraction of sp³-hybridized carbons (Fsp3) is 0.231. The van der Waals surface area contributed by atoms with Crippen molar-refractivity contribution in [3.63, 3.8) is 0 Å². The van der Waals surface area contributed by atoms with Crippen LogP contribution in [0.3, 0.4) is 0 Å².